The lowest BCUT2D eigenvalue weighted by Crippen LogP contribution is -2.12. The number of carbonyl (C=O) groups is 1. The number of benzene rings is 2. The number of hydrogen-bond acceptors (Lipinski definition) is 3. The standard InChI is InChI=1S/C17H11BrFN3O2/c18-14-9-11(19)4-5-13(14)17(24)20-12-3-1-2-10(8-12)15-6-7-16(23)22-21-15/h1-9H,(H,20,24)(H,22,23). The average Bonchev–Trinajstić information content (AvgIpc) is 2.55. The van der Waals surface area contributed by atoms with Gasteiger partial charge in [-0.15, -0.1) is 0 Å². The van der Waals surface area contributed by atoms with Gasteiger partial charge in [-0.05, 0) is 52.3 Å². The summed E-state index contributed by atoms with van der Waals surface area (Å²) in [4.78, 5) is 23.4. The molecule has 2 aromatic carbocycles. The zero-order valence-electron chi connectivity index (χ0n) is 12.2. The lowest BCUT2D eigenvalue weighted by molar-refractivity contribution is 0.102. The Hall–Kier alpha value is -2.80. The molecule has 0 saturated heterocycles. The molecule has 0 unspecified atom stereocenters. The van der Waals surface area contributed by atoms with E-state index in [-0.39, 0.29) is 11.5 Å². The zero-order chi connectivity index (χ0) is 17.1. The van der Waals surface area contributed by atoms with Crippen LogP contribution in [-0.2, 0) is 0 Å². The normalized spacial score (nSPS) is 10.4. The van der Waals surface area contributed by atoms with Crippen molar-refractivity contribution in [3.8, 4) is 11.3 Å². The second-order valence-corrected chi connectivity index (χ2v) is 5.82. The third-order valence-corrected chi connectivity index (χ3v) is 3.93. The highest BCUT2D eigenvalue weighted by molar-refractivity contribution is 9.10. The third kappa shape index (κ3) is 3.57. The van der Waals surface area contributed by atoms with Gasteiger partial charge in [0, 0.05) is 21.8 Å². The summed E-state index contributed by atoms with van der Waals surface area (Å²) in [7, 11) is 0. The highest BCUT2D eigenvalue weighted by Gasteiger charge is 2.11. The summed E-state index contributed by atoms with van der Waals surface area (Å²) in [6.07, 6.45) is 0. The van der Waals surface area contributed by atoms with Crippen LogP contribution in [0.5, 0.6) is 0 Å². The quantitative estimate of drug-likeness (QED) is 0.720. The van der Waals surface area contributed by atoms with E-state index in [1.54, 1.807) is 24.3 Å². The Bertz CT molecular complexity index is 952. The molecule has 5 nitrogen and oxygen atoms in total. The molecule has 0 atom stereocenters. The second-order valence-electron chi connectivity index (χ2n) is 4.97. The fourth-order valence-electron chi connectivity index (χ4n) is 2.13. The first-order valence-electron chi connectivity index (χ1n) is 6.95. The van der Waals surface area contributed by atoms with Gasteiger partial charge < -0.3 is 5.32 Å². The number of aromatic nitrogens is 2. The fourth-order valence-corrected chi connectivity index (χ4v) is 2.66. The minimum Gasteiger partial charge on any atom is -0.322 e. The van der Waals surface area contributed by atoms with E-state index < -0.39 is 5.82 Å². The molecule has 7 heteroatoms. The first-order chi connectivity index (χ1) is 11.5. The molecule has 0 saturated carbocycles. The number of hydrogen-bond donors (Lipinski definition) is 2. The van der Waals surface area contributed by atoms with Gasteiger partial charge in [-0.2, -0.15) is 5.10 Å². The molecule has 0 fully saturated rings. The highest BCUT2D eigenvalue weighted by atomic mass is 79.9. The summed E-state index contributed by atoms with van der Waals surface area (Å²) in [5, 5.41) is 9.06. The van der Waals surface area contributed by atoms with Crippen LogP contribution in [0.15, 0.2) is 63.9 Å². The average molecular weight is 388 g/mol. The molecule has 1 amide bonds. The molecule has 3 rings (SSSR count). The van der Waals surface area contributed by atoms with Crippen LogP contribution in [0.25, 0.3) is 11.3 Å². The number of halogens is 2. The molecule has 1 heterocycles. The van der Waals surface area contributed by atoms with E-state index in [0.29, 0.717) is 21.4 Å². The predicted molar refractivity (Wildman–Crippen MR) is 92.3 cm³/mol. The smallest absolute Gasteiger partial charge is 0.264 e. The number of aromatic amines is 1. The van der Waals surface area contributed by atoms with Gasteiger partial charge in [-0.25, -0.2) is 9.49 Å². The van der Waals surface area contributed by atoms with Gasteiger partial charge >= 0.3 is 0 Å². The topological polar surface area (TPSA) is 74.8 Å². The summed E-state index contributed by atoms with van der Waals surface area (Å²) in [6.45, 7) is 0. The molecule has 0 radical (unpaired) electrons. The third-order valence-electron chi connectivity index (χ3n) is 3.27. The van der Waals surface area contributed by atoms with E-state index >= 15 is 0 Å². The predicted octanol–water partition coefficient (Wildman–Crippen LogP) is 3.59. The van der Waals surface area contributed by atoms with Crippen LogP contribution in [0.4, 0.5) is 10.1 Å². The first-order valence-corrected chi connectivity index (χ1v) is 7.75. The van der Waals surface area contributed by atoms with Crippen molar-refractivity contribution in [2.75, 3.05) is 5.32 Å². The van der Waals surface area contributed by atoms with Crippen molar-refractivity contribution < 1.29 is 9.18 Å². The SMILES string of the molecule is O=C(Nc1cccc(-c2ccc(=O)[nH]n2)c1)c1ccc(F)cc1Br. The number of anilines is 1. The largest absolute Gasteiger partial charge is 0.322 e. The maximum atomic E-state index is 13.1. The molecule has 0 aliphatic carbocycles. The molecule has 1 aromatic heterocycles. The summed E-state index contributed by atoms with van der Waals surface area (Å²) in [5.74, 6) is -0.794. The van der Waals surface area contributed by atoms with Crippen molar-refractivity contribution in [3.63, 3.8) is 0 Å². The van der Waals surface area contributed by atoms with Crippen molar-refractivity contribution in [3.05, 3.63) is 80.8 Å². The summed E-state index contributed by atoms with van der Waals surface area (Å²) in [6, 6.07) is 13.9. The van der Waals surface area contributed by atoms with Crippen molar-refractivity contribution in [2.24, 2.45) is 0 Å². The molecule has 0 aliphatic heterocycles. The van der Waals surface area contributed by atoms with E-state index in [1.165, 1.54) is 24.3 Å². The van der Waals surface area contributed by atoms with Crippen molar-refractivity contribution >= 4 is 27.5 Å². The minimum atomic E-state index is -0.426. The number of amides is 1. The molecule has 120 valence electrons. The van der Waals surface area contributed by atoms with Gasteiger partial charge in [0.1, 0.15) is 5.82 Å². The van der Waals surface area contributed by atoms with Crippen LogP contribution >= 0.6 is 15.9 Å². The maximum absolute atomic E-state index is 13.1. The van der Waals surface area contributed by atoms with E-state index in [0.717, 1.165) is 5.56 Å². The number of nitrogens with one attached hydrogen (secondary N) is 2. The molecule has 24 heavy (non-hydrogen) atoms. The van der Waals surface area contributed by atoms with Crippen molar-refractivity contribution in [1.29, 1.82) is 0 Å². The van der Waals surface area contributed by atoms with Gasteiger partial charge in [-0.3, -0.25) is 9.59 Å². The van der Waals surface area contributed by atoms with Crippen LogP contribution in [0.3, 0.4) is 0 Å². The second kappa shape index (κ2) is 6.76. The van der Waals surface area contributed by atoms with E-state index in [2.05, 4.69) is 31.4 Å². The van der Waals surface area contributed by atoms with Crippen LogP contribution in [0.1, 0.15) is 10.4 Å². The molecule has 0 spiro atoms. The number of nitrogens with zero attached hydrogens (tertiary/aromatic N) is 1. The van der Waals surface area contributed by atoms with Gasteiger partial charge in [0.05, 0.1) is 11.3 Å². The fraction of sp³-hybridized carbons (Fsp3) is 0. The van der Waals surface area contributed by atoms with E-state index in [4.69, 9.17) is 0 Å². The Kier molecular flexibility index (Phi) is 4.52. The molecular weight excluding hydrogens is 377 g/mol. The Labute approximate surface area is 144 Å². The number of rotatable bonds is 3. The lowest BCUT2D eigenvalue weighted by Gasteiger charge is -2.08. The highest BCUT2D eigenvalue weighted by Crippen LogP contribution is 2.22. The van der Waals surface area contributed by atoms with Gasteiger partial charge in [0.15, 0.2) is 0 Å². The number of H-pyrrole nitrogens is 1. The molecule has 0 aliphatic rings. The van der Waals surface area contributed by atoms with Crippen LogP contribution in [0, 0.1) is 5.82 Å². The molecule has 0 bridgehead atoms. The lowest BCUT2D eigenvalue weighted by atomic mass is 10.1. The summed E-state index contributed by atoms with van der Waals surface area (Å²) < 4.78 is 13.5. The number of carbonyl (C=O) groups excluding carboxylic acids is 1. The van der Waals surface area contributed by atoms with Crippen LogP contribution in [-0.4, -0.2) is 16.1 Å². The van der Waals surface area contributed by atoms with Crippen molar-refractivity contribution in [1.82, 2.24) is 10.2 Å². The maximum Gasteiger partial charge on any atom is 0.264 e. The van der Waals surface area contributed by atoms with Crippen LogP contribution in [0.2, 0.25) is 0 Å². The van der Waals surface area contributed by atoms with Crippen LogP contribution < -0.4 is 10.9 Å². The zero-order valence-corrected chi connectivity index (χ0v) is 13.8. The Morgan fingerprint density at radius 1 is 1.12 bits per heavy atom. The summed E-state index contributed by atoms with van der Waals surface area (Å²) in [5.41, 5.74) is 1.91. The molecule has 3 aromatic rings. The Morgan fingerprint density at radius 3 is 2.67 bits per heavy atom. The van der Waals surface area contributed by atoms with Gasteiger partial charge in [0.2, 0.25) is 0 Å². The molecular formula is C17H11BrFN3O2. The summed E-state index contributed by atoms with van der Waals surface area (Å²) >= 11 is 3.17. The van der Waals surface area contributed by atoms with Gasteiger partial charge in [0.25, 0.3) is 11.5 Å². The van der Waals surface area contributed by atoms with Crippen molar-refractivity contribution in [2.45, 2.75) is 0 Å². The molecule has 2 N–H and O–H groups in total. The van der Waals surface area contributed by atoms with E-state index in [9.17, 15) is 14.0 Å². The monoisotopic (exact) mass is 387 g/mol. The minimum absolute atomic E-state index is 0.288. The Balaban J connectivity index is 1.85. The van der Waals surface area contributed by atoms with Gasteiger partial charge in [-0.1, -0.05) is 12.1 Å². The van der Waals surface area contributed by atoms with E-state index in [1.807, 2.05) is 6.07 Å². The Morgan fingerprint density at radius 2 is 1.96 bits per heavy atom. The first kappa shape index (κ1) is 16.1.